The molecule has 0 fully saturated rings. The highest BCUT2D eigenvalue weighted by atomic mass is 19.4. The van der Waals surface area contributed by atoms with Gasteiger partial charge in [0.2, 0.25) is 0 Å². The van der Waals surface area contributed by atoms with Crippen molar-refractivity contribution >= 4 is 0 Å². The van der Waals surface area contributed by atoms with E-state index in [1.54, 1.807) is 12.3 Å². The monoisotopic (exact) mass is 301 g/mol. The van der Waals surface area contributed by atoms with Crippen molar-refractivity contribution in [2.24, 2.45) is 0 Å². The third kappa shape index (κ3) is 4.32. The standard InChI is InChI=1S/C13H18F3N5/c1-10(2)21-12(4-6-19-21)8-17-7-11-3-5-18-20(11)9-13(14,15)16/h3-6,10,17H,7-9H2,1-2H3. The molecule has 116 valence electrons. The average Bonchev–Trinajstić information content (AvgIpc) is 2.97. The van der Waals surface area contributed by atoms with Gasteiger partial charge in [0.1, 0.15) is 6.54 Å². The maximum Gasteiger partial charge on any atom is 0.408 e. The van der Waals surface area contributed by atoms with Crippen LogP contribution < -0.4 is 5.32 Å². The molecule has 0 aliphatic carbocycles. The summed E-state index contributed by atoms with van der Waals surface area (Å²) in [5.74, 6) is 0. The van der Waals surface area contributed by atoms with Gasteiger partial charge in [0, 0.05) is 31.5 Å². The van der Waals surface area contributed by atoms with Crippen LogP contribution in [-0.4, -0.2) is 25.7 Å². The van der Waals surface area contributed by atoms with Crippen LogP contribution in [0.5, 0.6) is 0 Å². The number of hydrogen-bond acceptors (Lipinski definition) is 3. The van der Waals surface area contributed by atoms with Gasteiger partial charge in [-0.25, -0.2) is 0 Å². The Morgan fingerprint density at radius 3 is 2.38 bits per heavy atom. The molecule has 21 heavy (non-hydrogen) atoms. The quantitative estimate of drug-likeness (QED) is 0.892. The zero-order valence-corrected chi connectivity index (χ0v) is 11.9. The number of nitrogens with one attached hydrogen (secondary N) is 1. The van der Waals surface area contributed by atoms with Gasteiger partial charge >= 0.3 is 6.18 Å². The number of halogens is 3. The zero-order valence-electron chi connectivity index (χ0n) is 11.9. The smallest absolute Gasteiger partial charge is 0.306 e. The van der Waals surface area contributed by atoms with Crippen LogP contribution in [0.25, 0.3) is 0 Å². The van der Waals surface area contributed by atoms with Gasteiger partial charge in [-0.3, -0.25) is 9.36 Å². The molecule has 2 aromatic rings. The summed E-state index contributed by atoms with van der Waals surface area (Å²) in [4.78, 5) is 0. The Hall–Kier alpha value is -1.83. The van der Waals surface area contributed by atoms with Crippen molar-refractivity contribution in [2.75, 3.05) is 0 Å². The average molecular weight is 301 g/mol. The Balaban J connectivity index is 1.92. The number of aromatic nitrogens is 4. The van der Waals surface area contributed by atoms with Crippen LogP contribution in [0, 0.1) is 0 Å². The Labute approximate surface area is 120 Å². The minimum Gasteiger partial charge on any atom is -0.306 e. The van der Waals surface area contributed by atoms with E-state index in [1.807, 2.05) is 24.6 Å². The van der Waals surface area contributed by atoms with Crippen LogP contribution in [0.1, 0.15) is 31.3 Å². The summed E-state index contributed by atoms with van der Waals surface area (Å²) in [5, 5.41) is 11.0. The molecule has 8 heteroatoms. The first-order valence-corrected chi connectivity index (χ1v) is 6.67. The molecule has 0 aromatic carbocycles. The molecule has 0 bridgehead atoms. The van der Waals surface area contributed by atoms with Crippen molar-refractivity contribution < 1.29 is 13.2 Å². The summed E-state index contributed by atoms with van der Waals surface area (Å²) >= 11 is 0. The lowest BCUT2D eigenvalue weighted by Crippen LogP contribution is -2.23. The first-order chi connectivity index (χ1) is 9.87. The SMILES string of the molecule is CC(C)n1nccc1CNCc1ccnn1CC(F)(F)F. The van der Waals surface area contributed by atoms with Crippen LogP contribution >= 0.6 is 0 Å². The van der Waals surface area contributed by atoms with E-state index in [2.05, 4.69) is 15.5 Å². The second-order valence-electron chi connectivity index (χ2n) is 5.06. The number of hydrogen-bond donors (Lipinski definition) is 1. The maximum absolute atomic E-state index is 12.4. The summed E-state index contributed by atoms with van der Waals surface area (Å²) in [5.41, 5.74) is 1.50. The van der Waals surface area contributed by atoms with E-state index in [-0.39, 0.29) is 6.04 Å². The zero-order chi connectivity index (χ0) is 15.5. The first kappa shape index (κ1) is 15.6. The summed E-state index contributed by atoms with van der Waals surface area (Å²) in [6.45, 7) is 3.83. The van der Waals surface area contributed by atoms with Crippen LogP contribution in [0.15, 0.2) is 24.5 Å². The molecular formula is C13H18F3N5. The topological polar surface area (TPSA) is 47.7 Å². The highest BCUT2D eigenvalue weighted by molar-refractivity contribution is 5.04. The Bertz CT molecular complexity index is 570. The normalized spacial score (nSPS) is 12.3. The molecule has 0 saturated carbocycles. The van der Waals surface area contributed by atoms with Crippen LogP contribution in [0.2, 0.25) is 0 Å². The number of alkyl halides is 3. The third-order valence-corrected chi connectivity index (χ3v) is 2.99. The van der Waals surface area contributed by atoms with Gasteiger partial charge in [-0.05, 0) is 26.0 Å². The molecule has 0 amide bonds. The fraction of sp³-hybridized carbons (Fsp3) is 0.538. The van der Waals surface area contributed by atoms with Crippen molar-refractivity contribution in [1.29, 1.82) is 0 Å². The van der Waals surface area contributed by atoms with Gasteiger partial charge in [-0.15, -0.1) is 0 Å². The molecule has 0 radical (unpaired) electrons. The second-order valence-corrected chi connectivity index (χ2v) is 5.06. The van der Waals surface area contributed by atoms with E-state index in [0.29, 0.717) is 18.8 Å². The summed E-state index contributed by atoms with van der Waals surface area (Å²) < 4.78 is 40.0. The van der Waals surface area contributed by atoms with E-state index >= 15 is 0 Å². The van der Waals surface area contributed by atoms with Gasteiger partial charge in [0.25, 0.3) is 0 Å². The van der Waals surface area contributed by atoms with E-state index in [4.69, 9.17) is 0 Å². The third-order valence-electron chi connectivity index (χ3n) is 2.99. The predicted molar refractivity (Wildman–Crippen MR) is 71.4 cm³/mol. The van der Waals surface area contributed by atoms with E-state index in [9.17, 15) is 13.2 Å². The van der Waals surface area contributed by atoms with Crippen molar-refractivity contribution in [2.45, 2.75) is 45.7 Å². The highest BCUT2D eigenvalue weighted by Crippen LogP contribution is 2.18. The summed E-state index contributed by atoms with van der Waals surface area (Å²) in [6, 6.07) is 3.71. The van der Waals surface area contributed by atoms with Crippen molar-refractivity contribution in [1.82, 2.24) is 24.9 Å². The van der Waals surface area contributed by atoms with Crippen molar-refractivity contribution in [3.05, 3.63) is 35.9 Å². The van der Waals surface area contributed by atoms with E-state index in [0.717, 1.165) is 10.4 Å². The van der Waals surface area contributed by atoms with Gasteiger partial charge in [-0.1, -0.05) is 0 Å². The van der Waals surface area contributed by atoms with Crippen molar-refractivity contribution in [3.8, 4) is 0 Å². The van der Waals surface area contributed by atoms with E-state index in [1.165, 1.54) is 6.20 Å². The van der Waals surface area contributed by atoms with Crippen molar-refractivity contribution in [3.63, 3.8) is 0 Å². The fourth-order valence-electron chi connectivity index (χ4n) is 2.09. The summed E-state index contributed by atoms with van der Waals surface area (Å²) in [7, 11) is 0. The van der Waals surface area contributed by atoms with Crippen LogP contribution in [0.4, 0.5) is 13.2 Å². The number of rotatable bonds is 6. The molecule has 1 N–H and O–H groups in total. The van der Waals surface area contributed by atoms with Crippen LogP contribution in [0.3, 0.4) is 0 Å². The van der Waals surface area contributed by atoms with Gasteiger partial charge in [0.05, 0.1) is 11.4 Å². The molecule has 0 spiro atoms. The number of nitrogens with zero attached hydrogens (tertiary/aromatic N) is 4. The molecular weight excluding hydrogens is 283 g/mol. The van der Waals surface area contributed by atoms with E-state index < -0.39 is 12.7 Å². The Morgan fingerprint density at radius 2 is 1.71 bits per heavy atom. The lowest BCUT2D eigenvalue weighted by atomic mass is 10.3. The Kier molecular flexibility index (Phi) is 4.66. The van der Waals surface area contributed by atoms with Gasteiger partial charge in [-0.2, -0.15) is 23.4 Å². The van der Waals surface area contributed by atoms with Gasteiger partial charge < -0.3 is 5.32 Å². The first-order valence-electron chi connectivity index (χ1n) is 6.67. The van der Waals surface area contributed by atoms with Gasteiger partial charge in [0.15, 0.2) is 0 Å². The minimum atomic E-state index is -4.27. The molecule has 2 aromatic heterocycles. The lowest BCUT2D eigenvalue weighted by molar-refractivity contribution is -0.143. The minimum absolute atomic E-state index is 0.243. The molecule has 0 saturated heterocycles. The fourth-order valence-corrected chi connectivity index (χ4v) is 2.09. The second kappa shape index (κ2) is 6.30. The maximum atomic E-state index is 12.4. The molecule has 0 atom stereocenters. The Morgan fingerprint density at radius 1 is 1.10 bits per heavy atom. The predicted octanol–water partition coefficient (Wildman–Crippen LogP) is 2.51. The molecule has 0 aliphatic rings. The summed E-state index contributed by atoms with van der Waals surface area (Å²) in [6.07, 6.45) is -1.18. The molecule has 0 aliphatic heterocycles. The molecule has 2 rings (SSSR count). The lowest BCUT2D eigenvalue weighted by Gasteiger charge is -2.13. The highest BCUT2D eigenvalue weighted by Gasteiger charge is 2.29. The molecule has 5 nitrogen and oxygen atoms in total. The molecule has 0 unspecified atom stereocenters. The molecule has 2 heterocycles. The van der Waals surface area contributed by atoms with Crippen LogP contribution in [-0.2, 0) is 19.6 Å². The largest absolute Gasteiger partial charge is 0.408 e.